The molecule has 0 amide bonds. The third-order valence-corrected chi connectivity index (χ3v) is 5.14. The fourth-order valence-corrected chi connectivity index (χ4v) is 3.41. The number of hydrogen-bond donors (Lipinski definition) is 0. The molecule has 0 saturated carbocycles. The van der Waals surface area contributed by atoms with Gasteiger partial charge < -0.3 is 18.6 Å². The molecular weight excluding hydrogens is 406 g/mol. The van der Waals surface area contributed by atoms with Crippen molar-refractivity contribution in [1.29, 1.82) is 0 Å². The first-order valence-corrected chi connectivity index (χ1v) is 10.0. The topological polar surface area (TPSA) is 70.3 Å². The van der Waals surface area contributed by atoms with Crippen molar-refractivity contribution in [3.05, 3.63) is 77.7 Å². The molecule has 32 heavy (non-hydrogen) atoms. The van der Waals surface area contributed by atoms with Gasteiger partial charge in [0.05, 0.1) is 32.4 Å². The van der Waals surface area contributed by atoms with Crippen molar-refractivity contribution >= 4 is 22.4 Å². The van der Waals surface area contributed by atoms with Crippen LogP contribution in [-0.4, -0.2) is 27.1 Å². The minimum absolute atomic E-state index is 0.0148. The lowest BCUT2D eigenvalue weighted by molar-refractivity contribution is 0.101. The predicted molar refractivity (Wildman–Crippen MR) is 123 cm³/mol. The molecule has 0 atom stereocenters. The Hall–Kier alpha value is -4.06. The summed E-state index contributed by atoms with van der Waals surface area (Å²) < 4.78 is 22.4. The monoisotopic (exact) mass is 429 g/mol. The van der Waals surface area contributed by atoms with E-state index in [4.69, 9.17) is 23.6 Å². The van der Waals surface area contributed by atoms with Crippen molar-refractivity contribution in [2.75, 3.05) is 21.3 Å². The van der Waals surface area contributed by atoms with Crippen LogP contribution in [0.25, 0.3) is 22.3 Å². The minimum Gasteiger partial charge on any atom is -0.497 e. The zero-order valence-electron chi connectivity index (χ0n) is 18.3. The molecule has 0 aliphatic heterocycles. The van der Waals surface area contributed by atoms with Crippen molar-refractivity contribution in [1.82, 2.24) is 0 Å². The number of nitrogens with zero attached hydrogens (tertiary/aromatic N) is 1. The fraction of sp³-hybridized carbons (Fsp3) is 0.154. The van der Waals surface area contributed by atoms with E-state index in [-0.39, 0.29) is 5.78 Å². The molecule has 1 heterocycles. The molecule has 0 spiro atoms. The summed E-state index contributed by atoms with van der Waals surface area (Å²) in [7, 11) is 4.81. The van der Waals surface area contributed by atoms with E-state index >= 15 is 0 Å². The van der Waals surface area contributed by atoms with E-state index in [1.54, 1.807) is 40.4 Å². The summed E-state index contributed by atoms with van der Waals surface area (Å²) in [5, 5.41) is 1.52. The van der Waals surface area contributed by atoms with Gasteiger partial charge in [0.15, 0.2) is 17.3 Å². The van der Waals surface area contributed by atoms with Crippen molar-refractivity contribution < 1.29 is 23.4 Å². The van der Waals surface area contributed by atoms with Crippen LogP contribution in [0.1, 0.15) is 17.3 Å². The van der Waals surface area contributed by atoms with E-state index in [9.17, 15) is 4.79 Å². The number of methoxy groups -OCH3 is 3. The van der Waals surface area contributed by atoms with Crippen molar-refractivity contribution in [3.63, 3.8) is 0 Å². The van der Waals surface area contributed by atoms with E-state index < -0.39 is 0 Å². The fourth-order valence-electron chi connectivity index (χ4n) is 3.41. The van der Waals surface area contributed by atoms with Crippen LogP contribution in [0.3, 0.4) is 0 Å². The molecule has 1 aromatic heterocycles. The van der Waals surface area contributed by atoms with Crippen LogP contribution in [0.15, 0.2) is 76.1 Å². The van der Waals surface area contributed by atoms with E-state index in [1.807, 2.05) is 54.6 Å². The Labute approximate surface area is 185 Å². The van der Waals surface area contributed by atoms with Crippen LogP contribution < -0.4 is 19.6 Å². The van der Waals surface area contributed by atoms with Gasteiger partial charge in [-0.2, -0.15) is 0 Å². The Morgan fingerprint density at radius 2 is 1.56 bits per heavy atom. The summed E-state index contributed by atoms with van der Waals surface area (Å²) in [6, 6.07) is 20.2. The van der Waals surface area contributed by atoms with Crippen molar-refractivity contribution in [3.8, 4) is 28.6 Å². The number of hydrogen-bond acceptors (Lipinski definition) is 6. The van der Waals surface area contributed by atoms with Gasteiger partial charge in [-0.3, -0.25) is 4.79 Å². The third kappa shape index (κ3) is 4.21. The third-order valence-electron chi connectivity index (χ3n) is 5.14. The zero-order valence-corrected chi connectivity index (χ0v) is 18.3. The summed E-state index contributed by atoms with van der Waals surface area (Å²) in [5.41, 5.74) is 2.86. The Morgan fingerprint density at radius 1 is 0.812 bits per heavy atom. The average Bonchev–Trinajstić information content (AvgIpc) is 2.83. The van der Waals surface area contributed by atoms with Gasteiger partial charge in [-0.1, -0.05) is 0 Å². The summed E-state index contributed by atoms with van der Waals surface area (Å²) in [6.07, 6.45) is 0. The van der Waals surface area contributed by atoms with Crippen molar-refractivity contribution in [2.24, 2.45) is 4.99 Å². The van der Waals surface area contributed by atoms with Gasteiger partial charge >= 0.3 is 0 Å². The molecule has 4 rings (SSSR count). The first-order chi connectivity index (χ1) is 15.5. The summed E-state index contributed by atoms with van der Waals surface area (Å²) in [4.78, 5) is 16.4. The molecule has 0 aliphatic rings. The first kappa shape index (κ1) is 21.2. The average molecular weight is 429 g/mol. The second-order valence-electron chi connectivity index (χ2n) is 7.14. The Morgan fingerprint density at radius 3 is 2.22 bits per heavy atom. The number of Topliss-reactive ketones (excluding diaryl/α,β-unsaturated/α-hetero) is 1. The molecule has 0 fully saturated rings. The normalized spacial score (nSPS) is 11.4. The van der Waals surface area contributed by atoms with Gasteiger partial charge in [0.25, 0.3) is 0 Å². The van der Waals surface area contributed by atoms with Crippen LogP contribution in [0.2, 0.25) is 0 Å². The summed E-state index contributed by atoms with van der Waals surface area (Å²) >= 11 is 0. The van der Waals surface area contributed by atoms with E-state index in [1.165, 1.54) is 0 Å². The number of fused-ring (bicyclic) bond motifs is 1. The lowest BCUT2D eigenvalue weighted by atomic mass is 10.1. The molecule has 162 valence electrons. The van der Waals surface area contributed by atoms with Gasteiger partial charge in [-0.25, -0.2) is 4.99 Å². The van der Waals surface area contributed by atoms with Gasteiger partial charge in [-0.05, 0) is 67.6 Å². The molecule has 0 aliphatic carbocycles. The molecule has 6 heteroatoms. The number of ketones is 1. The molecule has 0 saturated heterocycles. The number of carbonyl (C=O) groups is 1. The Bertz CT molecular complexity index is 1350. The Balaban J connectivity index is 1.93. The lowest BCUT2D eigenvalue weighted by Gasteiger charge is -2.10. The SMILES string of the molecule is COc1ccc2oc(-c3ccc(OC)c(OC)c3)cc(=Nc3ccc(C(C)=O)cc3)c2c1. The van der Waals surface area contributed by atoms with Crippen LogP contribution in [0.4, 0.5) is 5.69 Å². The first-order valence-electron chi connectivity index (χ1n) is 10.0. The van der Waals surface area contributed by atoms with Gasteiger partial charge in [-0.15, -0.1) is 0 Å². The molecule has 0 radical (unpaired) electrons. The minimum atomic E-state index is 0.0148. The zero-order chi connectivity index (χ0) is 22.7. The highest BCUT2D eigenvalue weighted by atomic mass is 16.5. The standard InChI is InChI=1S/C26H23NO5/c1-16(28)17-5-8-19(9-6-17)27-22-15-25(18-7-11-24(30-3)26(13-18)31-4)32-23-12-10-20(29-2)14-21(22)23/h5-15H,1-4H3. The van der Waals surface area contributed by atoms with Crippen LogP contribution >= 0.6 is 0 Å². The lowest BCUT2D eigenvalue weighted by Crippen LogP contribution is -2.04. The highest BCUT2D eigenvalue weighted by Crippen LogP contribution is 2.33. The van der Waals surface area contributed by atoms with Crippen LogP contribution in [0.5, 0.6) is 17.2 Å². The van der Waals surface area contributed by atoms with Crippen LogP contribution in [0, 0.1) is 0 Å². The highest BCUT2D eigenvalue weighted by Gasteiger charge is 2.11. The number of ether oxygens (including phenoxy) is 3. The molecule has 0 bridgehead atoms. The number of benzene rings is 3. The maximum atomic E-state index is 11.6. The van der Waals surface area contributed by atoms with Crippen LogP contribution in [-0.2, 0) is 0 Å². The maximum Gasteiger partial charge on any atom is 0.161 e. The predicted octanol–water partition coefficient (Wildman–Crippen LogP) is 5.56. The molecule has 0 unspecified atom stereocenters. The largest absolute Gasteiger partial charge is 0.497 e. The second kappa shape index (κ2) is 8.98. The molecule has 3 aromatic carbocycles. The summed E-state index contributed by atoms with van der Waals surface area (Å²) in [5.74, 6) is 2.59. The van der Waals surface area contributed by atoms with E-state index in [2.05, 4.69) is 0 Å². The molecule has 4 aromatic rings. The van der Waals surface area contributed by atoms with Gasteiger partial charge in [0.1, 0.15) is 17.1 Å². The molecule has 6 nitrogen and oxygen atoms in total. The van der Waals surface area contributed by atoms with E-state index in [0.717, 1.165) is 16.6 Å². The number of rotatable bonds is 6. The van der Waals surface area contributed by atoms with Gasteiger partial charge in [0.2, 0.25) is 0 Å². The number of carbonyl (C=O) groups excluding carboxylic acids is 1. The van der Waals surface area contributed by atoms with E-state index in [0.29, 0.717) is 39.5 Å². The Kier molecular flexibility index (Phi) is 5.94. The van der Waals surface area contributed by atoms with Crippen molar-refractivity contribution in [2.45, 2.75) is 6.92 Å². The maximum absolute atomic E-state index is 11.6. The van der Waals surface area contributed by atoms with Gasteiger partial charge in [0, 0.05) is 22.6 Å². The highest BCUT2D eigenvalue weighted by molar-refractivity contribution is 5.94. The molecule has 0 N–H and O–H groups in total. The second-order valence-corrected chi connectivity index (χ2v) is 7.14. The summed E-state index contributed by atoms with van der Waals surface area (Å²) in [6.45, 7) is 1.54. The molecular formula is C26H23NO5. The smallest absolute Gasteiger partial charge is 0.161 e. The quantitative estimate of drug-likeness (QED) is 0.375.